The molecule has 0 saturated carbocycles. The van der Waals surface area contributed by atoms with Crippen molar-refractivity contribution in [1.29, 1.82) is 0 Å². The van der Waals surface area contributed by atoms with Crippen molar-refractivity contribution in [2.24, 2.45) is 0 Å². The monoisotopic (exact) mass is 1050 g/mol. The maximum atomic E-state index is 12.9. The number of hydrogen-bond acceptors (Lipinski definition) is 6. The van der Waals surface area contributed by atoms with Crippen LogP contribution in [0.4, 0.5) is 0 Å². The number of carbonyl (C=O) groups excluding carboxylic acids is 3. The van der Waals surface area contributed by atoms with E-state index in [0.717, 1.165) is 96.3 Å². The van der Waals surface area contributed by atoms with E-state index < -0.39 is 6.10 Å². The number of esters is 3. The largest absolute Gasteiger partial charge is 0.462 e. The molecular formula is C69H122O6. The molecular weight excluding hydrogens is 925 g/mol. The van der Waals surface area contributed by atoms with E-state index in [1.165, 1.54) is 193 Å². The van der Waals surface area contributed by atoms with Crippen molar-refractivity contribution in [3.8, 4) is 0 Å². The predicted molar refractivity (Wildman–Crippen MR) is 325 cm³/mol. The molecule has 0 fully saturated rings. The van der Waals surface area contributed by atoms with Crippen LogP contribution in [0.3, 0.4) is 0 Å². The SMILES string of the molecule is CCCC/C=C\CCCCCCCC(=O)OCC(COC(=O)CCCCCCCCCCCCCCCCC/C=C\C/C=C\CCCCCCC)OC(=O)CCCCCCCC/C=C\C/C=C\C/C=C\CCCCC. The summed E-state index contributed by atoms with van der Waals surface area (Å²) in [7, 11) is 0. The summed E-state index contributed by atoms with van der Waals surface area (Å²) in [6, 6.07) is 0. The van der Waals surface area contributed by atoms with Gasteiger partial charge in [-0.05, 0) is 109 Å². The first-order chi connectivity index (χ1) is 37.0. The third-order valence-corrected chi connectivity index (χ3v) is 14.2. The number of unbranched alkanes of at least 4 members (excludes halogenated alkanes) is 36. The lowest BCUT2D eigenvalue weighted by Gasteiger charge is -2.18. The van der Waals surface area contributed by atoms with Crippen LogP contribution >= 0.6 is 0 Å². The van der Waals surface area contributed by atoms with Gasteiger partial charge in [-0.3, -0.25) is 14.4 Å². The Labute approximate surface area is 465 Å². The van der Waals surface area contributed by atoms with Crippen LogP contribution in [-0.4, -0.2) is 37.2 Å². The number of allylic oxidation sites excluding steroid dienone is 12. The van der Waals surface area contributed by atoms with Crippen molar-refractivity contribution in [2.75, 3.05) is 13.2 Å². The second-order valence-electron chi connectivity index (χ2n) is 21.7. The molecule has 75 heavy (non-hydrogen) atoms. The predicted octanol–water partition coefficient (Wildman–Crippen LogP) is 22.1. The topological polar surface area (TPSA) is 78.9 Å². The van der Waals surface area contributed by atoms with Gasteiger partial charge in [0.2, 0.25) is 0 Å². The highest BCUT2D eigenvalue weighted by Gasteiger charge is 2.19. The molecule has 6 heteroatoms. The summed E-state index contributed by atoms with van der Waals surface area (Å²) in [5, 5.41) is 0. The molecule has 0 N–H and O–H groups in total. The molecule has 0 saturated heterocycles. The van der Waals surface area contributed by atoms with Crippen molar-refractivity contribution >= 4 is 17.9 Å². The molecule has 0 spiro atoms. The third kappa shape index (κ3) is 61.6. The number of carbonyl (C=O) groups is 3. The Bertz CT molecular complexity index is 1390. The highest BCUT2D eigenvalue weighted by molar-refractivity contribution is 5.71. The second-order valence-corrected chi connectivity index (χ2v) is 21.7. The van der Waals surface area contributed by atoms with Gasteiger partial charge in [-0.1, -0.05) is 273 Å². The van der Waals surface area contributed by atoms with E-state index in [4.69, 9.17) is 14.2 Å². The van der Waals surface area contributed by atoms with Crippen LogP contribution < -0.4 is 0 Å². The molecule has 6 nitrogen and oxygen atoms in total. The standard InChI is InChI=1S/C69H122O6/c1-4-7-10-13-16-19-22-24-26-28-30-31-32-33-34-35-36-37-39-40-42-44-47-50-53-56-59-62-68(71)74-65-66(64-73-67(70)61-58-55-52-49-46-21-18-15-12-9-6-3)75-69(72)63-60-57-54-51-48-45-43-41-38-29-27-25-23-20-17-14-11-8-5-2/h15,17-18,20,22,24-25,27-28,30,38,41,66H,4-14,16,19,21,23,26,29,31-37,39-40,42-65H2,1-3H3/b18-15-,20-17-,24-22-,27-25-,30-28-,41-38-. The summed E-state index contributed by atoms with van der Waals surface area (Å²) in [4.78, 5) is 38.2. The fraction of sp³-hybridized carbons (Fsp3) is 0.783. The zero-order chi connectivity index (χ0) is 54.3. The van der Waals surface area contributed by atoms with Gasteiger partial charge in [-0.2, -0.15) is 0 Å². The quantitative estimate of drug-likeness (QED) is 0.0261. The van der Waals surface area contributed by atoms with Gasteiger partial charge >= 0.3 is 17.9 Å². The first kappa shape index (κ1) is 71.8. The van der Waals surface area contributed by atoms with E-state index in [-0.39, 0.29) is 31.1 Å². The average molecular weight is 1050 g/mol. The van der Waals surface area contributed by atoms with Gasteiger partial charge in [-0.15, -0.1) is 0 Å². The van der Waals surface area contributed by atoms with Gasteiger partial charge in [0, 0.05) is 19.3 Å². The minimum atomic E-state index is -0.786. The van der Waals surface area contributed by atoms with Crippen LogP contribution in [0.5, 0.6) is 0 Å². The number of ether oxygens (including phenoxy) is 3. The fourth-order valence-corrected chi connectivity index (χ4v) is 9.23. The molecule has 0 heterocycles. The molecule has 434 valence electrons. The summed E-state index contributed by atoms with van der Waals surface area (Å²) in [5.41, 5.74) is 0. The number of hydrogen-bond donors (Lipinski definition) is 0. The van der Waals surface area contributed by atoms with E-state index in [0.29, 0.717) is 19.3 Å². The molecule has 1 atom stereocenters. The molecule has 0 rings (SSSR count). The molecule has 0 aromatic heterocycles. The molecule has 0 aromatic rings. The summed E-state index contributed by atoms with van der Waals surface area (Å²) in [6.45, 7) is 6.58. The average Bonchev–Trinajstić information content (AvgIpc) is 3.41. The molecule has 0 amide bonds. The highest BCUT2D eigenvalue weighted by atomic mass is 16.6. The second kappa shape index (κ2) is 63.4. The van der Waals surface area contributed by atoms with Gasteiger partial charge < -0.3 is 14.2 Å². The van der Waals surface area contributed by atoms with Gasteiger partial charge in [0.05, 0.1) is 0 Å². The maximum absolute atomic E-state index is 12.9. The van der Waals surface area contributed by atoms with Crippen molar-refractivity contribution < 1.29 is 28.6 Å². The van der Waals surface area contributed by atoms with Gasteiger partial charge in [0.1, 0.15) is 13.2 Å². The Morgan fingerprint density at radius 3 is 0.827 bits per heavy atom. The summed E-state index contributed by atoms with van der Waals surface area (Å²) < 4.78 is 16.9. The molecule has 1 unspecified atom stereocenters. The molecule has 0 aromatic carbocycles. The summed E-state index contributed by atoms with van der Waals surface area (Å²) in [5.74, 6) is -0.892. The summed E-state index contributed by atoms with van der Waals surface area (Å²) in [6.07, 6.45) is 82.0. The van der Waals surface area contributed by atoms with Crippen LogP contribution in [0.25, 0.3) is 0 Å². The van der Waals surface area contributed by atoms with Crippen LogP contribution in [-0.2, 0) is 28.6 Å². The minimum absolute atomic E-state index is 0.0817. The molecule has 0 radical (unpaired) electrons. The fourth-order valence-electron chi connectivity index (χ4n) is 9.23. The highest BCUT2D eigenvalue weighted by Crippen LogP contribution is 2.16. The Morgan fingerprint density at radius 2 is 0.493 bits per heavy atom. The Hall–Kier alpha value is -3.15. The Morgan fingerprint density at radius 1 is 0.267 bits per heavy atom. The first-order valence-corrected chi connectivity index (χ1v) is 32.4. The van der Waals surface area contributed by atoms with Crippen molar-refractivity contribution in [3.63, 3.8) is 0 Å². The van der Waals surface area contributed by atoms with Crippen molar-refractivity contribution in [3.05, 3.63) is 72.9 Å². The Balaban J connectivity index is 4.24. The summed E-state index contributed by atoms with van der Waals surface area (Å²) >= 11 is 0. The van der Waals surface area contributed by atoms with Crippen LogP contribution in [0.1, 0.15) is 329 Å². The lowest BCUT2D eigenvalue weighted by molar-refractivity contribution is -0.167. The van der Waals surface area contributed by atoms with Crippen molar-refractivity contribution in [2.45, 2.75) is 335 Å². The minimum Gasteiger partial charge on any atom is -0.462 e. The molecule has 0 bridgehead atoms. The lowest BCUT2D eigenvalue weighted by Crippen LogP contribution is -2.30. The van der Waals surface area contributed by atoms with Gasteiger partial charge in [0.25, 0.3) is 0 Å². The first-order valence-electron chi connectivity index (χ1n) is 32.4. The van der Waals surface area contributed by atoms with Crippen LogP contribution in [0, 0.1) is 0 Å². The third-order valence-electron chi connectivity index (χ3n) is 14.2. The van der Waals surface area contributed by atoms with Crippen molar-refractivity contribution in [1.82, 2.24) is 0 Å². The van der Waals surface area contributed by atoms with Crippen LogP contribution in [0.2, 0.25) is 0 Å². The molecule has 0 aliphatic heterocycles. The van der Waals surface area contributed by atoms with E-state index in [1.807, 2.05) is 0 Å². The van der Waals surface area contributed by atoms with E-state index in [2.05, 4.69) is 93.7 Å². The van der Waals surface area contributed by atoms with E-state index in [9.17, 15) is 14.4 Å². The van der Waals surface area contributed by atoms with Gasteiger partial charge in [0.15, 0.2) is 6.10 Å². The molecule has 0 aliphatic rings. The van der Waals surface area contributed by atoms with Crippen LogP contribution in [0.15, 0.2) is 72.9 Å². The Kier molecular flexibility index (Phi) is 60.7. The lowest BCUT2D eigenvalue weighted by atomic mass is 10.0. The smallest absolute Gasteiger partial charge is 0.306 e. The zero-order valence-electron chi connectivity index (χ0n) is 49.8. The normalized spacial score (nSPS) is 12.5. The zero-order valence-corrected chi connectivity index (χ0v) is 49.8. The maximum Gasteiger partial charge on any atom is 0.306 e. The van der Waals surface area contributed by atoms with E-state index in [1.54, 1.807) is 0 Å². The molecule has 0 aliphatic carbocycles. The number of rotatable bonds is 59. The van der Waals surface area contributed by atoms with E-state index >= 15 is 0 Å². The van der Waals surface area contributed by atoms with Gasteiger partial charge in [-0.25, -0.2) is 0 Å².